The Hall–Kier alpha value is -0.593. The summed E-state index contributed by atoms with van der Waals surface area (Å²) in [5, 5.41) is 9.88. The highest BCUT2D eigenvalue weighted by molar-refractivity contribution is 6.31. The number of hydrogen-bond acceptors (Lipinski definition) is 4. The van der Waals surface area contributed by atoms with Gasteiger partial charge in [-0.05, 0) is 46.1 Å². The molecular weight excluding hydrogens is 310 g/mol. The Labute approximate surface area is 143 Å². The Morgan fingerprint density at radius 1 is 1.17 bits per heavy atom. The number of amides is 1. The van der Waals surface area contributed by atoms with Gasteiger partial charge in [0.15, 0.2) is 9.76 Å². The molecule has 5 nitrogen and oxygen atoms in total. The van der Waals surface area contributed by atoms with Crippen LogP contribution in [0, 0.1) is 5.92 Å². The quantitative estimate of drug-likeness (QED) is 0.796. The summed E-state index contributed by atoms with van der Waals surface area (Å²) in [6.07, 6.45) is 0.407. The number of hydrogen-bond donors (Lipinski definition) is 1. The van der Waals surface area contributed by atoms with Crippen LogP contribution in [-0.4, -0.2) is 56.3 Å². The number of carbonyl (C=O) groups excluding carboxylic acids is 1. The van der Waals surface area contributed by atoms with Crippen LogP contribution in [0.4, 0.5) is 4.79 Å². The summed E-state index contributed by atoms with van der Waals surface area (Å²) >= 11 is 0. The lowest BCUT2D eigenvalue weighted by atomic mass is 9.89. The van der Waals surface area contributed by atoms with Crippen molar-refractivity contribution in [1.29, 1.82) is 0 Å². The van der Waals surface area contributed by atoms with Gasteiger partial charge in [0, 0.05) is 12.5 Å². The van der Waals surface area contributed by atoms with E-state index >= 15 is 0 Å². The number of nitrogens with zero attached hydrogens (tertiary/aromatic N) is 1. The number of likely N-dealkylation sites (tertiary alicyclic amines) is 1. The normalized spacial score (nSPS) is 23.8. The van der Waals surface area contributed by atoms with E-state index in [2.05, 4.69) is 34.6 Å². The lowest BCUT2D eigenvalue weighted by Gasteiger charge is -2.35. The van der Waals surface area contributed by atoms with E-state index in [9.17, 15) is 9.90 Å². The molecule has 23 heavy (non-hydrogen) atoms. The highest BCUT2D eigenvalue weighted by Gasteiger charge is 2.44. The summed E-state index contributed by atoms with van der Waals surface area (Å²) in [5.74, 6) is 0.210. The molecule has 1 aliphatic rings. The lowest BCUT2D eigenvalue weighted by Crippen LogP contribution is -2.43. The van der Waals surface area contributed by atoms with Crippen molar-refractivity contribution in [3.8, 4) is 0 Å². The number of aliphatic hydroxyl groups is 1. The van der Waals surface area contributed by atoms with Crippen LogP contribution in [0.25, 0.3) is 0 Å². The molecule has 0 aliphatic carbocycles. The SMILES string of the molecule is CC(C)(C)OC(=O)N1CC(C(C)(C)O[SiH2]C(C)(C)C)C[C@H]1CO. The summed E-state index contributed by atoms with van der Waals surface area (Å²) in [4.78, 5) is 14.0. The molecule has 0 radical (unpaired) electrons. The van der Waals surface area contributed by atoms with Crippen molar-refractivity contribution in [1.82, 2.24) is 4.90 Å². The van der Waals surface area contributed by atoms with Crippen LogP contribution >= 0.6 is 0 Å². The van der Waals surface area contributed by atoms with Gasteiger partial charge in [0.1, 0.15) is 5.60 Å². The molecule has 0 aromatic heterocycles. The van der Waals surface area contributed by atoms with Crippen LogP contribution < -0.4 is 0 Å². The van der Waals surface area contributed by atoms with Gasteiger partial charge in [-0.25, -0.2) is 4.79 Å². The smallest absolute Gasteiger partial charge is 0.410 e. The molecule has 0 bridgehead atoms. The average molecular weight is 346 g/mol. The molecule has 1 heterocycles. The number of ether oxygens (including phenoxy) is 1. The first kappa shape index (κ1) is 20.5. The van der Waals surface area contributed by atoms with Crippen LogP contribution in [0.5, 0.6) is 0 Å². The third-order valence-electron chi connectivity index (χ3n) is 4.11. The Morgan fingerprint density at radius 3 is 2.17 bits per heavy atom. The van der Waals surface area contributed by atoms with Gasteiger partial charge in [-0.3, -0.25) is 0 Å². The van der Waals surface area contributed by atoms with Crippen LogP contribution in [0.3, 0.4) is 0 Å². The van der Waals surface area contributed by atoms with Crippen molar-refractivity contribution >= 4 is 15.9 Å². The van der Waals surface area contributed by atoms with Crippen molar-refractivity contribution in [3.05, 3.63) is 0 Å². The van der Waals surface area contributed by atoms with Gasteiger partial charge < -0.3 is 19.2 Å². The maximum atomic E-state index is 12.4. The fourth-order valence-corrected chi connectivity index (χ4v) is 3.70. The molecule has 1 amide bonds. The molecule has 1 rings (SSSR count). The monoisotopic (exact) mass is 345 g/mol. The molecule has 0 spiro atoms. The largest absolute Gasteiger partial charge is 0.444 e. The first-order valence-corrected chi connectivity index (χ1v) is 9.78. The minimum atomic E-state index is -0.673. The van der Waals surface area contributed by atoms with E-state index in [0.29, 0.717) is 6.54 Å². The maximum absolute atomic E-state index is 12.4. The summed E-state index contributed by atoms with van der Waals surface area (Å²) in [7, 11) is -0.673. The molecule has 136 valence electrons. The van der Waals surface area contributed by atoms with E-state index in [0.717, 1.165) is 6.42 Å². The van der Waals surface area contributed by atoms with Crippen molar-refractivity contribution < 1.29 is 19.1 Å². The average Bonchev–Trinajstić information content (AvgIpc) is 2.78. The Morgan fingerprint density at radius 2 is 1.74 bits per heavy atom. The van der Waals surface area contributed by atoms with Gasteiger partial charge in [0.05, 0.1) is 18.2 Å². The second-order valence-corrected chi connectivity index (χ2v) is 12.1. The van der Waals surface area contributed by atoms with Gasteiger partial charge in [-0.1, -0.05) is 20.8 Å². The molecule has 2 atom stereocenters. The van der Waals surface area contributed by atoms with Crippen LogP contribution in [0.1, 0.15) is 61.8 Å². The fourth-order valence-electron chi connectivity index (χ4n) is 2.66. The van der Waals surface area contributed by atoms with Gasteiger partial charge in [-0.15, -0.1) is 0 Å². The molecule has 0 saturated carbocycles. The molecule has 1 unspecified atom stereocenters. The van der Waals surface area contributed by atoms with Crippen molar-refractivity contribution in [2.24, 2.45) is 5.92 Å². The zero-order valence-electron chi connectivity index (χ0n) is 16.1. The molecule has 1 fully saturated rings. The molecular formula is C17H35NO4Si. The summed E-state index contributed by atoms with van der Waals surface area (Å²) in [6, 6.07) is -0.186. The number of rotatable bonds is 4. The zero-order valence-corrected chi connectivity index (χ0v) is 17.5. The molecule has 0 aromatic carbocycles. The van der Waals surface area contributed by atoms with Crippen molar-refractivity contribution in [3.63, 3.8) is 0 Å². The second kappa shape index (κ2) is 7.11. The van der Waals surface area contributed by atoms with Gasteiger partial charge in [-0.2, -0.15) is 0 Å². The Balaban J connectivity index is 2.75. The predicted molar refractivity (Wildman–Crippen MR) is 95.3 cm³/mol. The lowest BCUT2D eigenvalue weighted by molar-refractivity contribution is 0.0138. The highest BCUT2D eigenvalue weighted by Crippen LogP contribution is 2.36. The molecule has 1 aliphatic heterocycles. The third kappa shape index (κ3) is 6.43. The fraction of sp³-hybridized carbons (Fsp3) is 0.941. The van der Waals surface area contributed by atoms with Gasteiger partial charge >= 0.3 is 6.09 Å². The maximum Gasteiger partial charge on any atom is 0.410 e. The van der Waals surface area contributed by atoms with Gasteiger partial charge in [0.25, 0.3) is 0 Å². The van der Waals surface area contributed by atoms with E-state index < -0.39 is 15.4 Å². The number of aliphatic hydroxyl groups excluding tert-OH is 1. The summed E-state index contributed by atoms with van der Waals surface area (Å²) in [6.45, 7) is 16.9. The standard InChI is InChI=1S/C17H35NO4Si/c1-15(2,3)21-14(20)18-10-12(9-13(18)11-19)17(7,8)22-23-16(4,5)6/h12-13,19H,9-11,23H2,1-8H3/t12?,13-/m0/s1. The molecule has 6 heteroatoms. The molecule has 0 aromatic rings. The van der Waals surface area contributed by atoms with Crippen molar-refractivity contribution in [2.45, 2.75) is 84.1 Å². The van der Waals surface area contributed by atoms with E-state index in [1.165, 1.54) is 0 Å². The minimum Gasteiger partial charge on any atom is -0.444 e. The highest BCUT2D eigenvalue weighted by atomic mass is 28.2. The zero-order chi connectivity index (χ0) is 18.1. The van der Waals surface area contributed by atoms with Crippen molar-refractivity contribution in [2.75, 3.05) is 13.2 Å². The van der Waals surface area contributed by atoms with E-state index in [1.54, 1.807) is 4.90 Å². The summed E-state index contributed by atoms with van der Waals surface area (Å²) < 4.78 is 11.8. The van der Waals surface area contributed by atoms with Gasteiger partial charge in [0.2, 0.25) is 0 Å². The second-order valence-electron chi connectivity index (χ2n) is 9.35. The Bertz CT molecular complexity index is 412. The predicted octanol–water partition coefficient (Wildman–Crippen LogP) is 2.70. The van der Waals surface area contributed by atoms with E-state index in [-0.39, 0.29) is 35.3 Å². The van der Waals surface area contributed by atoms with Crippen LogP contribution in [0.15, 0.2) is 0 Å². The first-order chi connectivity index (χ1) is 10.2. The van der Waals surface area contributed by atoms with Crippen LogP contribution in [-0.2, 0) is 9.16 Å². The van der Waals surface area contributed by atoms with E-state index in [4.69, 9.17) is 9.16 Å². The first-order valence-electron chi connectivity index (χ1n) is 8.49. The third-order valence-corrected chi connectivity index (χ3v) is 5.87. The minimum absolute atomic E-state index is 0.0392. The Kier molecular flexibility index (Phi) is 6.32. The molecule has 1 saturated heterocycles. The van der Waals surface area contributed by atoms with Crippen LogP contribution in [0.2, 0.25) is 5.04 Å². The molecule has 1 N–H and O–H groups in total. The number of carbonyl (C=O) groups is 1. The van der Waals surface area contributed by atoms with E-state index in [1.807, 2.05) is 20.8 Å². The summed E-state index contributed by atoms with van der Waals surface area (Å²) in [5.41, 5.74) is -0.815. The topological polar surface area (TPSA) is 59.0 Å².